The van der Waals surface area contributed by atoms with Crippen molar-refractivity contribution in [2.24, 2.45) is 0 Å². The molecule has 0 aliphatic rings. The lowest BCUT2D eigenvalue weighted by atomic mass is 10.2. The van der Waals surface area contributed by atoms with Crippen LogP contribution in [0.25, 0.3) is 0 Å². The average molecular weight is 523 g/mol. The van der Waals surface area contributed by atoms with Crippen LogP contribution in [0.2, 0.25) is 0 Å². The Balaban J connectivity index is 0.000000275. The molecule has 0 heterocycles. The molecule has 0 aliphatic carbocycles. The highest BCUT2D eigenvalue weighted by atomic mass is 32.2. The molecular formula is C29H30O5S2. The molecule has 0 bridgehead atoms. The zero-order valence-electron chi connectivity index (χ0n) is 20.6. The van der Waals surface area contributed by atoms with Crippen LogP contribution in [0.5, 0.6) is 11.5 Å². The molecule has 4 rings (SSSR count). The van der Waals surface area contributed by atoms with Crippen LogP contribution in [0.4, 0.5) is 0 Å². The molecule has 0 saturated heterocycles. The van der Waals surface area contributed by atoms with E-state index in [2.05, 4.69) is 78.9 Å². The van der Waals surface area contributed by atoms with Crippen molar-refractivity contribution in [3.8, 4) is 11.5 Å². The fraction of sp³-hybridized carbons (Fsp3) is 0.172. The molecule has 4 aromatic rings. The molecule has 188 valence electrons. The van der Waals surface area contributed by atoms with Crippen LogP contribution < -0.4 is 9.47 Å². The third-order valence-corrected chi connectivity index (χ3v) is 8.11. The molecule has 4 aromatic carbocycles. The molecule has 0 spiro atoms. The monoisotopic (exact) mass is 522 g/mol. The van der Waals surface area contributed by atoms with Crippen LogP contribution in [0.1, 0.15) is 19.4 Å². The summed E-state index contributed by atoms with van der Waals surface area (Å²) in [5.41, 5.74) is 0.928. The van der Waals surface area contributed by atoms with E-state index in [9.17, 15) is 13.0 Å². The summed E-state index contributed by atoms with van der Waals surface area (Å²) in [7, 11) is -4.42. The summed E-state index contributed by atoms with van der Waals surface area (Å²) in [6, 6.07) is 33.3. The topological polar surface area (TPSA) is 75.7 Å². The predicted octanol–water partition coefficient (Wildman–Crippen LogP) is 6.48. The highest BCUT2D eigenvalue weighted by Crippen LogP contribution is 2.33. The van der Waals surface area contributed by atoms with Gasteiger partial charge in [0.05, 0.1) is 29.0 Å². The lowest BCUT2D eigenvalue weighted by Gasteiger charge is -2.10. The van der Waals surface area contributed by atoms with E-state index in [1.54, 1.807) is 12.1 Å². The van der Waals surface area contributed by atoms with Crippen molar-refractivity contribution in [2.45, 2.75) is 40.4 Å². The maximum Gasteiger partial charge on any atom is 0.166 e. The maximum absolute atomic E-state index is 10.4. The minimum Gasteiger partial charge on any atom is -0.744 e. The first-order valence-electron chi connectivity index (χ1n) is 11.6. The Morgan fingerprint density at radius 2 is 1.06 bits per heavy atom. The van der Waals surface area contributed by atoms with E-state index in [0.717, 1.165) is 17.1 Å². The fourth-order valence-electron chi connectivity index (χ4n) is 3.35. The smallest absolute Gasteiger partial charge is 0.166 e. The third kappa shape index (κ3) is 7.88. The van der Waals surface area contributed by atoms with Gasteiger partial charge in [-0.3, -0.25) is 0 Å². The van der Waals surface area contributed by atoms with Crippen molar-refractivity contribution in [1.29, 1.82) is 0 Å². The number of ether oxygens (including phenoxy) is 2. The SMILES string of the molecule is CCOc1ccc([S+](c2ccccc2)c2ccc(OCC)cc2)cc1.Cc1ccc(S(=O)(=O)[O-])cc1. The molecule has 0 aliphatic heterocycles. The van der Waals surface area contributed by atoms with E-state index < -0.39 is 10.1 Å². The number of benzene rings is 4. The summed E-state index contributed by atoms with van der Waals surface area (Å²) >= 11 is 0. The summed E-state index contributed by atoms with van der Waals surface area (Å²) in [5.74, 6) is 1.82. The van der Waals surface area contributed by atoms with Crippen molar-refractivity contribution >= 4 is 21.0 Å². The van der Waals surface area contributed by atoms with Gasteiger partial charge in [0.15, 0.2) is 14.7 Å². The summed E-state index contributed by atoms with van der Waals surface area (Å²) in [6.07, 6.45) is 0. The van der Waals surface area contributed by atoms with Crippen molar-refractivity contribution in [2.75, 3.05) is 13.2 Å². The maximum atomic E-state index is 10.4. The van der Waals surface area contributed by atoms with E-state index >= 15 is 0 Å². The number of hydrogen-bond donors (Lipinski definition) is 0. The van der Waals surface area contributed by atoms with Gasteiger partial charge in [-0.15, -0.1) is 0 Å². The highest BCUT2D eigenvalue weighted by molar-refractivity contribution is 7.97. The first-order chi connectivity index (χ1) is 17.3. The van der Waals surface area contributed by atoms with Crippen LogP contribution in [0.3, 0.4) is 0 Å². The lowest BCUT2D eigenvalue weighted by Crippen LogP contribution is -2.05. The molecule has 0 N–H and O–H groups in total. The summed E-state index contributed by atoms with van der Waals surface area (Å²) in [6.45, 7) is 7.19. The molecule has 0 unspecified atom stereocenters. The van der Waals surface area contributed by atoms with Crippen molar-refractivity contribution in [1.82, 2.24) is 0 Å². The molecule has 0 saturated carbocycles. The van der Waals surface area contributed by atoms with Gasteiger partial charge in [0.1, 0.15) is 21.6 Å². The second kappa shape index (κ2) is 13.2. The Morgan fingerprint density at radius 1 is 0.639 bits per heavy atom. The van der Waals surface area contributed by atoms with Crippen LogP contribution in [-0.4, -0.2) is 26.2 Å². The second-order valence-electron chi connectivity index (χ2n) is 7.70. The van der Waals surface area contributed by atoms with Crippen molar-refractivity contribution in [3.63, 3.8) is 0 Å². The molecule has 0 fully saturated rings. The molecule has 0 radical (unpaired) electrons. The lowest BCUT2D eigenvalue weighted by molar-refractivity contribution is 0.340. The quantitative estimate of drug-likeness (QED) is 0.196. The average Bonchev–Trinajstić information content (AvgIpc) is 2.87. The molecule has 0 atom stereocenters. The van der Waals surface area contributed by atoms with Gasteiger partial charge in [0.25, 0.3) is 0 Å². The largest absolute Gasteiger partial charge is 0.744 e. The van der Waals surface area contributed by atoms with Gasteiger partial charge in [0, 0.05) is 0 Å². The first-order valence-corrected chi connectivity index (χ1v) is 14.2. The minimum absolute atomic E-state index is 0.150. The third-order valence-electron chi connectivity index (χ3n) is 5.03. The Morgan fingerprint density at radius 3 is 1.44 bits per heavy atom. The van der Waals surface area contributed by atoms with Crippen LogP contribution in [0.15, 0.2) is 123 Å². The molecule has 0 amide bonds. The molecule has 36 heavy (non-hydrogen) atoms. The first kappa shape index (κ1) is 27.3. The van der Waals surface area contributed by atoms with Gasteiger partial charge in [-0.25, -0.2) is 8.42 Å². The van der Waals surface area contributed by atoms with Gasteiger partial charge < -0.3 is 14.0 Å². The number of aryl methyl sites for hydroxylation is 1. The predicted molar refractivity (Wildman–Crippen MR) is 143 cm³/mol. The van der Waals surface area contributed by atoms with E-state index in [1.165, 1.54) is 26.8 Å². The van der Waals surface area contributed by atoms with Gasteiger partial charge in [0.2, 0.25) is 0 Å². The van der Waals surface area contributed by atoms with E-state index in [0.29, 0.717) is 13.2 Å². The van der Waals surface area contributed by atoms with Gasteiger partial charge in [-0.1, -0.05) is 35.9 Å². The Kier molecular flexibility index (Phi) is 9.99. The van der Waals surface area contributed by atoms with Gasteiger partial charge in [-0.2, -0.15) is 0 Å². The van der Waals surface area contributed by atoms with E-state index in [1.807, 2.05) is 20.8 Å². The fourth-order valence-corrected chi connectivity index (χ4v) is 5.88. The Labute approximate surface area is 216 Å². The van der Waals surface area contributed by atoms with Gasteiger partial charge >= 0.3 is 0 Å². The van der Waals surface area contributed by atoms with Crippen LogP contribution in [-0.2, 0) is 21.0 Å². The second-order valence-corrected chi connectivity index (χ2v) is 11.1. The minimum atomic E-state index is -4.27. The van der Waals surface area contributed by atoms with Crippen molar-refractivity contribution < 1.29 is 22.4 Å². The highest BCUT2D eigenvalue weighted by Gasteiger charge is 2.28. The van der Waals surface area contributed by atoms with Crippen LogP contribution in [0, 0.1) is 6.92 Å². The summed E-state index contributed by atoms with van der Waals surface area (Å²) in [5, 5.41) is 0. The Bertz CT molecular complexity index is 1250. The number of hydrogen-bond acceptors (Lipinski definition) is 5. The summed E-state index contributed by atoms with van der Waals surface area (Å²) < 4.78 is 42.3. The van der Waals surface area contributed by atoms with Crippen LogP contribution >= 0.6 is 0 Å². The molecule has 0 aromatic heterocycles. The molecule has 7 heteroatoms. The normalized spacial score (nSPS) is 10.9. The standard InChI is InChI=1S/C22H23O2S.C7H8O3S/c1-3-23-18-10-14-21(15-11-18)25(20-8-6-5-7-9-20)22-16-12-19(13-17-22)24-4-2;1-6-2-4-7(5-3-6)11(8,9)10/h5-17H,3-4H2,1-2H3;2-5H,1H3,(H,8,9,10)/q+1;/p-1. The van der Waals surface area contributed by atoms with Gasteiger partial charge in [-0.05, 0) is 93.6 Å². The zero-order valence-corrected chi connectivity index (χ0v) is 22.2. The molecule has 5 nitrogen and oxygen atoms in total. The Hall–Kier alpha value is -3.26. The van der Waals surface area contributed by atoms with Crippen molar-refractivity contribution in [3.05, 3.63) is 109 Å². The summed E-state index contributed by atoms with van der Waals surface area (Å²) in [4.78, 5) is 3.68. The molecular weight excluding hydrogens is 492 g/mol. The van der Waals surface area contributed by atoms with E-state index in [-0.39, 0.29) is 15.8 Å². The zero-order chi connectivity index (χ0) is 26.0. The number of rotatable bonds is 8. The van der Waals surface area contributed by atoms with E-state index in [4.69, 9.17) is 9.47 Å².